The molecule has 0 aliphatic rings. The second-order valence-electron chi connectivity index (χ2n) is 3.45. The molecule has 0 radical (unpaired) electrons. The lowest BCUT2D eigenvalue weighted by atomic mass is 10.1. The van der Waals surface area contributed by atoms with Crippen molar-refractivity contribution in [1.82, 2.24) is 4.98 Å². The van der Waals surface area contributed by atoms with Crippen molar-refractivity contribution in [3.63, 3.8) is 0 Å². The standard InChI is InChI=1S/C14H13N/c1-12(13-7-3-2-4-8-13)11-14-9-5-6-10-15-14/h2-11H,1H3. The number of hydrogen-bond acceptors (Lipinski definition) is 1. The van der Waals surface area contributed by atoms with E-state index in [1.54, 1.807) is 0 Å². The highest BCUT2D eigenvalue weighted by atomic mass is 14.6. The Morgan fingerprint density at radius 1 is 1.00 bits per heavy atom. The molecule has 0 bridgehead atoms. The Bertz CT molecular complexity index is 443. The lowest BCUT2D eigenvalue weighted by molar-refractivity contribution is 1.29. The number of nitrogens with zero attached hydrogens (tertiary/aromatic N) is 1. The lowest BCUT2D eigenvalue weighted by Gasteiger charge is -2.00. The maximum absolute atomic E-state index is 4.27. The topological polar surface area (TPSA) is 12.9 Å². The average Bonchev–Trinajstić information content (AvgIpc) is 2.31. The predicted molar refractivity (Wildman–Crippen MR) is 64.2 cm³/mol. The van der Waals surface area contributed by atoms with E-state index in [0.29, 0.717) is 0 Å². The molecule has 2 aromatic rings. The van der Waals surface area contributed by atoms with Crippen molar-refractivity contribution in [2.75, 3.05) is 0 Å². The van der Waals surface area contributed by atoms with Crippen LogP contribution in [0.25, 0.3) is 11.6 Å². The summed E-state index contributed by atoms with van der Waals surface area (Å²) >= 11 is 0. The Labute approximate surface area is 90.1 Å². The molecule has 0 aliphatic carbocycles. The SMILES string of the molecule is CC(=Cc1ccccn1)c1ccccc1. The van der Waals surface area contributed by atoms with E-state index in [4.69, 9.17) is 0 Å². The molecule has 1 heteroatoms. The molecule has 0 N–H and O–H groups in total. The van der Waals surface area contributed by atoms with Gasteiger partial charge in [-0.1, -0.05) is 36.4 Å². The highest BCUT2D eigenvalue weighted by molar-refractivity contribution is 5.78. The first kappa shape index (κ1) is 9.66. The van der Waals surface area contributed by atoms with E-state index in [1.807, 2.05) is 42.6 Å². The predicted octanol–water partition coefficient (Wildman–Crippen LogP) is 3.64. The first-order valence-electron chi connectivity index (χ1n) is 5.01. The van der Waals surface area contributed by atoms with Gasteiger partial charge in [-0.15, -0.1) is 0 Å². The maximum Gasteiger partial charge on any atom is 0.0632 e. The van der Waals surface area contributed by atoms with Crippen molar-refractivity contribution in [3.8, 4) is 0 Å². The van der Waals surface area contributed by atoms with Crippen LogP contribution in [0.15, 0.2) is 54.7 Å². The van der Waals surface area contributed by atoms with Gasteiger partial charge in [0, 0.05) is 6.20 Å². The van der Waals surface area contributed by atoms with Gasteiger partial charge in [-0.25, -0.2) is 0 Å². The monoisotopic (exact) mass is 195 g/mol. The molecule has 74 valence electrons. The minimum atomic E-state index is 0.999. The van der Waals surface area contributed by atoms with Gasteiger partial charge in [0.1, 0.15) is 0 Å². The molecule has 0 fully saturated rings. The smallest absolute Gasteiger partial charge is 0.0632 e. The Kier molecular flexibility index (Phi) is 2.93. The first-order valence-corrected chi connectivity index (χ1v) is 5.01. The third kappa shape index (κ3) is 2.53. The number of aromatic nitrogens is 1. The quantitative estimate of drug-likeness (QED) is 0.712. The summed E-state index contributed by atoms with van der Waals surface area (Å²) in [4.78, 5) is 4.27. The van der Waals surface area contributed by atoms with Crippen molar-refractivity contribution in [1.29, 1.82) is 0 Å². The number of pyridine rings is 1. The third-order valence-electron chi connectivity index (χ3n) is 2.28. The number of benzene rings is 1. The minimum absolute atomic E-state index is 0.999. The zero-order chi connectivity index (χ0) is 10.5. The molecule has 15 heavy (non-hydrogen) atoms. The maximum atomic E-state index is 4.27. The Morgan fingerprint density at radius 2 is 1.73 bits per heavy atom. The molecule has 0 spiro atoms. The molecule has 0 saturated heterocycles. The van der Waals surface area contributed by atoms with Crippen LogP contribution in [0.2, 0.25) is 0 Å². The third-order valence-corrected chi connectivity index (χ3v) is 2.28. The van der Waals surface area contributed by atoms with Crippen LogP contribution in [-0.2, 0) is 0 Å². The van der Waals surface area contributed by atoms with Crippen LogP contribution in [-0.4, -0.2) is 4.98 Å². The molecule has 0 amide bonds. The van der Waals surface area contributed by atoms with Crippen LogP contribution in [0, 0.1) is 0 Å². The molecular formula is C14H13N. The van der Waals surface area contributed by atoms with Crippen LogP contribution in [0.5, 0.6) is 0 Å². The van der Waals surface area contributed by atoms with Gasteiger partial charge in [0.05, 0.1) is 5.69 Å². The molecule has 0 aliphatic heterocycles. The zero-order valence-corrected chi connectivity index (χ0v) is 8.72. The summed E-state index contributed by atoms with van der Waals surface area (Å²) in [6.07, 6.45) is 3.90. The first-order chi connectivity index (χ1) is 7.36. The van der Waals surface area contributed by atoms with Crippen molar-refractivity contribution < 1.29 is 0 Å². The fraction of sp³-hybridized carbons (Fsp3) is 0.0714. The van der Waals surface area contributed by atoms with Gasteiger partial charge in [-0.3, -0.25) is 4.98 Å². The average molecular weight is 195 g/mol. The molecule has 1 aromatic heterocycles. The second kappa shape index (κ2) is 4.56. The van der Waals surface area contributed by atoms with Crippen LogP contribution < -0.4 is 0 Å². The number of rotatable bonds is 2. The van der Waals surface area contributed by atoms with Crippen molar-refractivity contribution in [2.24, 2.45) is 0 Å². The molecule has 1 nitrogen and oxygen atoms in total. The summed E-state index contributed by atoms with van der Waals surface area (Å²) in [6, 6.07) is 16.3. The van der Waals surface area contributed by atoms with E-state index in [9.17, 15) is 0 Å². The largest absolute Gasteiger partial charge is 0.257 e. The van der Waals surface area contributed by atoms with Crippen LogP contribution in [0.1, 0.15) is 18.2 Å². The van der Waals surface area contributed by atoms with Gasteiger partial charge in [0.2, 0.25) is 0 Å². The molecular weight excluding hydrogens is 182 g/mol. The van der Waals surface area contributed by atoms with E-state index in [2.05, 4.69) is 30.1 Å². The Balaban J connectivity index is 2.29. The Morgan fingerprint density at radius 3 is 2.40 bits per heavy atom. The van der Waals surface area contributed by atoms with E-state index in [0.717, 1.165) is 5.69 Å². The zero-order valence-electron chi connectivity index (χ0n) is 8.72. The molecule has 0 atom stereocenters. The molecule has 2 rings (SSSR count). The molecule has 1 heterocycles. The molecule has 0 unspecified atom stereocenters. The van der Waals surface area contributed by atoms with Gasteiger partial charge < -0.3 is 0 Å². The van der Waals surface area contributed by atoms with Crippen molar-refractivity contribution >= 4 is 11.6 Å². The summed E-state index contributed by atoms with van der Waals surface area (Å²) in [7, 11) is 0. The lowest BCUT2D eigenvalue weighted by Crippen LogP contribution is -1.81. The number of allylic oxidation sites excluding steroid dienone is 1. The van der Waals surface area contributed by atoms with E-state index in [-0.39, 0.29) is 0 Å². The Hall–Kier alpha value is -1.89. The van der Waals surface area contributed by atoms with Crippen molar-refractivity contribution in [2.45, 2.75) is 6.92 Å². The molecule has 0 saturated carbocycles. The normalized spacial score (nSPS) is 11.4. The summed E-state index contributed by atoms with van der Waals surface area (Å²) in [5.74, 6) is 0. The summed E-state index contributed by atoms with van der Waals surface area (Å²) in [5.41, 5.74) is 3.47. The van der Waals surface area contributed by atoms with E-state index in [1.165, 1.54) is 11.1 Å². The highest BCUT2D eigenvalue weighted by Gasteiger charge is 1.94. The minimum Gasteiger partial charge on any atom is -0.257 e. The van der Waals surface area contributed by atoms with E-state index >= 15 is 0 Å². The van der Waals surface area contributed by atoms with E-state index < -0.39 is 0 Å². The molecule has 1 aromatic carbocycles. The fourth-order valence-corrected chi connectivity index (χ4v) is 1.47. The van der Waals surface area contributed by atoms with Gasteiger partial charge in [-0.2, -0.15) is 0 Å². The van der Waals surface area contributed by atoms with Gasteiger partial charge in [0.15, 0.2) is 0 Å². The summed E-state index contributed by atoms with van der Waals surface area (Å²) in [6.45, 7) is 2.10. The van der Waals surface area contributed by atoms with Gasteiger partial charge in [-0.05, 0) is 36.3 Å². The van der Waals surface area contributed by atoms with Crippen LogP contribution >= 0.6 is 0 Å². The van der Waals surface area contributed by atoms with Crippen molar-refractivity contribution in [3.05, 3.63) is 66.0 Å². The fourth-order valence-electron chi connectivity index (χ4n) is 1.47. The van der Waals surface area contributed by atoms with Crippen LogP contribution in [0.3, 0.4) is 0 Å². The summed E-state index contributed by atoms with van der Waals surface area (Å²) < 4.78 is 0. The van der Waals surface area contributed by atoms with Crippen LogP contribution in [0.4, 0.5) is 0 Å². The van der Waals surface area contributed by atoms with Gasteiger partial charge >= 0.3 is 0 Å². The highest BCUT2D eigenvalue weighted by Crippen LogP contribution is 2.15. The summed E-state index contributed by atoms with van der Waals surface area (Å²) in [5, 5.41) is 0. The van der Waals surface area contributed by atoms with Gasteiger partial charge in [0.25, 0.3) is 0 Å². The second-order valence-corrected chi connectivity index (χ2v) is 3.45. The number of hydrogen-bond donors (Lipinski definition) is 0.